The number of piperidine rings is 2. The number of ether oxygens (including phenoxy) is 2. The van der Waals surface area contributed by atoms with Gasteiger partial charge in [0.2, 0.25) is 27.8 Å². The van der Waals surface area contributed by atoms with Crippen LogP contribution < -0.4 is 34.6 Å². The van der Waals surface area contributed by atoms with Crippen molar-refractivity contribution in [2.75, 3.05) is 92.2 Å². The van der Waals surface area contributed by atoms with Crippen LogP contribution >= 0.6 is 0 Å². The highest BCUT2D eigenvalue weighted by molar-refractivity contribution is 7.92. The summed E-state index contributed by atoms with van der Waals surface area (Å²) in [5.74, 6) is 1.32. The average Bonchev–Trinajstić information content (AvgIpc) is 4.06. The summed E-state index contributed by atoms with van der Waals surface area (Å²) < 4.78 is 39.0. The summed E-state index contributed by atoms with van der Waals surface area (Å²) >= 11 is 0. The zero-order valence-corrected chi connectivity index (χ0v) is 38.2. The van der Waals surface area contributed by atoms with Crippen LogP contribution in [0.5, 0.6) is 11.5 Å². The van der Waals surface area contributed by atoms with Crippen LogP contribution in [0.3, 0.4) is 0 Å². The van der Waals surface area contributed by atoms with Crippen LogP contribution in [0.25, 0.3) is 11.0 Å². The number of H-pyrrole nitrogens is 1. The normalized spacial score (nSPS) is 19.6. The summed E-state index contributed by atoms with van der Waals surface area (Å²) in [5, 5.41) is 9.96. The third-order valence-electron chi connectivity index (χ3n) is 13.7. The molecule has 10 rings (SSSR count). The van der Waals surface area contributed by atoms with Gasteiger partial charge in [-0.05, 0) is 74.1 Å². The number of rotatable bonds is 13. The minimum absolute atomic E-state index is 0.200. The van der Waals surface area contributed by atoms with Crippen molar-refractivity contribution >= 4 is 73.3 Å². The highest BCUT2D eigenvalue weighted by Crippen LogP contribution is 2.41. The maximum Gasteiger partial charge on any atom is 0.255 e. The number of carbonyl (C=O) groups is 3. The first-order valence-electron chi connectivity index (χ1n) is 22.7. The second-order valence-corrected chi connectivity index (χ2v) is 19.7. The molecule has 1 unspecified atom stereocenters. The number of para-hydroxylation sites is 1. The van der Waals surface area contributed by atoms with Crippen LogP contribution in [0.1, 0.15) is 52.7 Å². The topological polar surface area (TPSA) is 198 Å². The van der Waals surface area contributed by atoms with Gasteiger partial charge in [-0.15, -0.1) is 0 Å². The zero-order valence-electron chi connectivity index (χ0n) is 37.4. The van der Waals surface area contributed by atoms with Gasteiger partial charge in [0, 0.05) is 93.9 Å². The van der Waals surface area contributed by atoms with Crippen LogP contribution in [0.15, 0.2) is 60.8 Å². The number of nitrogens with one attached hydrogen (secondary N) is 4. The highest BCUT2D eigenvalue weighted by atomic mass is 32.2. The Morgan fingerprint density at radius 1 is 0.864 bits per heavy atom. The predicted molar refractivity (Wildman–Crippen MR) is 252 cm³/mol. The minimum Gasteiger partial charge on any atom is -0.494 e. The molecule has 5 aliphatic rings. The van der Waals surface area contributed by atoms with E-state index in [-0.39, 0.29) is 18.2 Å². The Kier molecular flexibility index (Phi) is 11.7. The molecule has 5 aromatic rings. The lowest BCUT2D eigenvalue weighted by atomic mass is 10.0. The summed E-state index contributed by atoms with van der Waals surface area (Å²) in [6.07, 6.45) is 6.35. The smallest absolute Gasteiger partial charge is 0.255 e. The fraction of sp³-hybridized carbons (Fsp3) is 0.426. The standard InChI is InChI=1S/C47H55N11O7S/c1-29-26-36(50-47-52-43-33(12-16-48-43)44(53-47)49-35-8-4-6-30-13-19-58(42(30)35)66(3,62)63)40(64-2)27-38(29)56-17-14-31(15-18-56)55-22-20-54(21-23-55)24-25-65-39-9-5-7-32-34(39)28-57(46(32)61)37-10-11-41(59)51-45(37)60/h4-9,12,16,26-27,31,37H,10-11,13-15,17-25,28H2,1-3H3,(H,51,59,60)(H3,48,49,50,52,53). The van der Waals surface area contributed by atoms with Crippen molar-refractivity contribution in [2.45, 2.75) is 57.7 Å². The molecule has 19 heteroatoms. The number of nitrogens with zero attached hydrogens (tertiary/aromatic N) is 7. The summed E-state index contributed by atoms with van der Waals surface area (Å²) in [4.78, 5) is 59.4. The number of amides is 3. The van der Waals surface area contributed by atoms with E-state index in [0.717, 1.165) is 92.1 Å². The van der Waals surface area contributed by atoms with E-state index in [4.69, 9.17) is 19.4 Å². The Morgan fingerprint density at radius 3 is 2.44 bits per heavy atom. The van der Waals surface area contributed by atoms with E-state index >= 15 is 0 Å². The van der Waals surface area contributed by atoms with Gasteiger partial charge in [0.25, 0.3) is 5.91 Å². The number of methoxy groups -OCH3 is 1. The summed E-state index contributed by atoms with van der Waals surface area (Å²) in [5.41, 5.74) is 7.21. The lowest BCUT2D eigenvalue weighted by Crippen LogP contribution is -2.53. The van der Waals surface area contributed by atoms with Crippen molar-refractivity contribution in [1.82, 2.24) is 35.0 Å². The molecule has 18 nitrogen and oxygen atoms in total. The van der Waals surface area contributed by atoms with Gasteiger partial charge in [0.05, 0.1) is 42.4 Å². The largest absolute Gasteiger partial charge is 0.494 e. The molecule has 3 fully saturated rings. The Bertz CT molecular complexity index is 2820. The van der Waals surface area contributed by atoms with Gasteiger partial charge in [0.1, 0.15) is 35.6 Å². The Hall–Kier alpha value is -6.44. The molecule has 0 radical (unpaired) electrons. The molecule has 2 aromatic heterocycles. The lowest BCUT2D eigenvalue weighted by Gasteiger charge is -2.43. The van der Waals surface area contributed by atoms with Crippen LogP contribution in [0.4, 0.5) is 34.5 Å². The van der Waals surface area contributed by atoms with Crippen LogP contribution in [-0.4, -0.2) is 140 Å². The first kappa shape index (κ1) is 43.5. The van der Waals surface area contributed by atoms with Crippen molar-refractivity contribution in [1.29, 1.82) is 0 Å². The Morgan fingerprint density at radius 2 is 1.67 bits per heavy atom. The highest BCUT2D eigenvalue weighted by Gasteiger charge is 2.40. The fourth-order valence-corrected chi connectivity index (χ4v) is 11.3. The number of anilines is 6. The number of fused-ring (bicyclic) bond motifs is 3. The maximum absolute atomic E-state index is 13.2. The number of benzene rings is 3. The second-order valence-electron chi connectivity index (χ2n) is 17.7. The fourth-order valence-electron chi connectivity index (χ4n) is 10.3. The molecule has 0 saturated carbocycles. The van der Waals surface area contributed by atoms with Gasteiger partial charge >= 0.3 is 0 Å². The van der Waals surface area contributed by atoms with E-state index in [1.165, 1.54) is 10.6 Å². The number of sulfonamides is 1. The molecule has 4 N–H and O–H groups in total. The molecule has 3 aromatic carbocycles. The third kappa shape index (κ3) is 8.46. The number of hydrogen-bond donors (Lipinski definition) is 4. The average molecular weight is 918 g/mol. The number of imide groups is 1. The third-order valence-corrected chi connectivity index (χ3v) is 14.9. The van der Waals surface area contributed by atoms with Crippen molar-refractivity contribution < 1.29 is 32.3 Å². The van der Waals surface area contributed by atoms with Crippen molar-refractivity contribution in [2.24, 2.45) is 0 Å². The molecule has 1 atom stereocenters. The number of aromatic amines is 1. The van der Waals surface area contributed by atoms with Gasteiger partial charge in [-0.3, -0.25) is 33.8 Å². The monoisotopic (exact) mass is 917 g/mol. The number of aryl methyl sites for hydroxylation is 1. The van der Waals surface area contributed by atoms with Crippen LogP contribution in [0, 0.1) is 6.92 Å². The molecule has 0 bridgehead atoms. The molecule has 7 heterocycles. The van der Waals surface area contributed by atoms with E-state index in [9.17, 15) is 22.8 Å². The Labute approximate surface area is 383 Å². The van der Waals surface area contributed by atoms with Gasteiger partial charge < -0.3 is 34.9 Å². The van der Waals surface area contributed by atoms with E-state index < -0.39 is 22.0 Å². The van der Waals surface area contributed by atoms with E-state index in [1.807, 2.05) is 36.4 Å². The molecule has 0 spiro atoms. The number of piperazine rings is 1. The molecule has 3 amide bonds. The lowest BCUT2D eigenvalue weighted by molar-refractivity contribution is -0.136. The van der Waals surface area contributed by atoms with E-state index in [0.29, 0.717) is 84.4 Å². The number of hydrogen-bond acceptors (Lipinski definition) is 14. The quantitative estimate of drug-likeness (QED) is 0.120. The van der Waals surface area contributed by atoms with Gasteiger partial charge in [-0.25, -0.2) is 8.42 Å². The molecular weight excluding hydrogens is 863 g/mol. The first-order valence-corrected chi connectivity index (χ1v) is 24.5. The van der Waals surface area contributed by atoms with Gasteiger partial charge in [-0.2, -0.15) is 9.97 Å². The maximum atomic E-state index is 13.2. The minimum atomic E-state index is -3.46. The van der Waals surface area contributed by atoms with Crippen LogP contribution in [0.2, 0.25) is 0 Å². The van der Waals surface area contributed by atoms with Gasteiger partial charge in [-0.1, -0.05) is 18.2 Å². The van der Waals surface area contributed by atoms with Gasteiger partial charge in [0.15, 0.2) is 0 Å². The zero-order chi connectivity index (χ0) is 45.7. The molecule has 3 saturated heterocycles. The molecule has 0 aliphatic carbocycles. The SMILES string of the molecule is COc1cc(N2CCC(N3CCN(CCOc4cccc5c4CN(C4CCC(=O)NC4=O)C5=O)CC3)CC2)c(C)cc1Nc1nc(Nc2cccc3c2N(S(C)(=O)=O)CC3)c2cc[nH]c2n1. The molecule has 5 aliphatic heterocycles. The molecular formula is C47H55N11O7S. The molecule has 66 heavy (non-hydrogen) atoms. The summed E-state index contributed by atoms with van der Waals surface area (Å²) in [7, 11) is -1.80. The number of aromatic nitrogens is 3. The number of carbonyl (C=O) groups excluding carboxylic acids is 3. The van der Waals surface area contributed by atoms with Crippen LogP contribution in [-0.2, 0) is 32.6 Å². The van der Waals surface area contributed by atoms with Crippen molar-refractivity contribution in [3.05, 3.63) is 83.0 Å². The van der Waals surface area contributed by atoms with Crippen molar-refractivity contribution in [3.8, 4) is 11.5 Å². The van der Waals surface area contributed by atoms with Crippen molar-refractivity contribution in [3.63, 3.8) is 0 Å². The Balaban J connectivity index is 0.729. The summed E-state index contributed by atoms with van der Waals surface area (Å²) in [6.45, 7) is 9.84. The van der Waals surface area contributed by atoms with E-state index in [2.05, 4.69) is 54.7 Å². The molecule has 346 valence electrons. The predicted octanol–water partition coefficient (Wildman–Crippen LogP) is 4.51. The second kappa shape index (κ2) is 17.7. The summed E-state index contributed by atoms with van der Waals surface area (Å²) in [6, 6.07) is 17.2. The first-order chi connectivity index (χ1) is 31.9. The van der Waals surface area contributed by atoms with E-state index in [1.54, 1.807) is 24.3 Å².